The van der Waals surface area contributed by atoms with E-state index in [4.69, 9.17) is 9.15 Å². The van der Waals surface area contributed by atoms with E-state index in [1.54, 1.807) is 43.5 Å². The van der Waals surface area contributed by atoms with E-state index in [0.29, 0.717) is 34.0 Å². The number of methoxy groups -OCH3 is 1. The molecule has 0 unspecified atom stereocenters. The number of nitrogens with zero attached hydrogens (tertiary/aromatic N) is 2. The summed E-state index contributed by atoms with van der Waals surface area (Å²) in [5.74, 6) is 0.562. The van der Waals surface area contributed by atoms with Gasteiger partial charge in [0.05, 0.1) is 18.4 Å². The molecule has 0 radical (unpaired) electrons. The Balaban J connectivity index is 1.48. The second-order valence-corrected chi connectivity index (χ2v) is 7.60. The minimum Gasteiger partial charge on any atom is -0.497 e. The van der Waals surface area contributed by atoms with Crippen LogP contribution in [0.5, 0.6) is 5.75 Å². The van der Waals surface area contributed by atoms with Gasteiger partial charge in [-0.05, 0) is 47.4 Å². The molecule has 5 rings (SSSR count). The number of amides is 1. The van der Waals surface area contributed by atoms with Gasteiger partial charge in [-0.1, -0.05) is 54.6 Å². The number of carbonyl (C=O) groups is 1. The van der Waals surface area contributed by atoms with Crippen molar-refractivity contribution in [2.75, 3.05) is 12.4 Å². The van der Waals surface area contributed by atoms with E-state index in [1.807, 2.05) is 54.6 Å². The van der Waals surface area contributed by atoms with Gasteiger partial charge in [-0.3, -0.25) is 4.79 Å². The molecule has 1 heterocycles. The summed E-state index contributed by atoms with van der Waals surface area (Å²) in [4.78, 5) is 17.6. The lowest BCUT2D eigenvalue weighted by Gasteiger charge is -2.08. The Morgan fingerprint density at radius 2 is 1.76 bits per heavy atom. The fourth-order valence-electron chi connectivity index (χ4n) is 3.75. The third-order valence-corrected chi connectivity index (χ3v) is 5.48. The first-order chi connectivity index (χ1) is 16.7. The third kappa shape index (κ3) is 3.98. The van der Waals surface area contributed by atoms with Crippen molar-refractivity contribution in [1.29, 1.82) is 5.26 Å². The van der Waals surface area contributed by atoms with Crippen LogP contribution in [0.4, 0.5) is 5.69 Å². The molecule has 0 fully saturated rings. The van der Waals surface area contributed by atoms with E-state index in [2.05, 4.69) is 10.3 Å². The van der Waals surface area contributed by atoms with Gasteiger partial charge in [0.1, 0.15) is 22.9 Å². The van der Waals surface area contributed by atoms with Gasteiger partial charge in [0.15, 0.2) is 5.58 Å². The maximum absolute atomic E-state index is 12.9. The number of nitrogens with one attached hydrogen (secondary N) is 1. The second kappa shape index (κ2) is 8.93. The third-order valence-electron chi connectivity index (χ3n) is 5.48. The highest BCUT2D eigenvalue weighted by molar-refractivity contribution is 6.11. The first-order valence-corrected chi connectivity index (χ1v) is 10.6. The summed E-state index contributed by atoms with van der Waals surface area (Å²) in [6, 6.07) is 28.1. The monoisotopic (exact) mass is 445 g/mol. The number of carbonyl (C=O) groups excluding carboxylic acids is 1. The molecule has 6 heteroatoms. The molecule has 0 aliphatic heterocycles. The molecular formula is C28H19N3O3. The quantitative estimate of drug-likeness (QED) is 0.257. The Morgan fingerprint density at radius 1 is 1.00 bits per heavy atom. The molecule has 0 saturated carbocycles. The number of fused-ring (bicyclic) bond motifs is 3. The van der Waals surface area contributed by atoms with Crippen LogP contribution in [0.15, 0.2) is 94.9 Å². The molecule has 0 aliphatic carbocycles. The number of benzene rings is 4. The second-order valence-electron chi connectivity index (χ2n) is 7.60. The highest BCUT2D eigenvalue weighted by Gasteiger charge is 2.17. The Morgan fingerprint density at radius 3 is 2.56 bits per heavy atom. The van der Waals surface area contributed by atoms with Gasteiger partial charge in [-0.2, -0.15) is 5.26 Å². The average molecular weight is 445 g/mol. The first-order valence-electron chi connectivity index (χ1n) is 10.6. The molecule has 1 amide bonds. The number of nitriles is 1. The Labute approximate surface area is 195 Å². The lowest BCUT2D eigenvalue weighted by Crippen LogP contribution is -2.14. The summed E-state index contributed by atoms with van der Waals surface area (Å²) < 4.78 is 11.3. The summed E-state index contributed by atoms with van der Waals surface area (Å²) in [5, 5.41) is 14.4. The number of oxazole rings is 1. The highest BCUT2D eigenvalue weighted by Crippen LogP contribution is 2.33. The van der Waals surface area contributed by atoms with Crippen LogP contribution in [0, 0.1) is 11.3 Å². The number of para-hydroxylation sites is 1. The van der Waals surface area contributed by atoms with E-state index in [-0.39, 0.29) is 5.57 Å². The topological polar surface area (TPSA) is 88.1 Å². The maximum Gasteiger partial charge on any atom is 0.266 e. The summed E-state index contributed by atoms with van der Waals surface area (Å²) >= 11 is 0. The van der Waals surface area contributed by atoms with E-state index in [1.165, 1.54) is 6.08 Å². The molecule has 164 valence electrons. The molecule has 0 aliphatic rings. The van der Waals surface area contributed by atoms with Gasteiger partial charge in [0.25, 0.3) is 5.91 Å². The summed E-state index contributed by atoms with van der Waals surface area (Å²) in [6.45, 7) is 0. The Kier molecular flexibility index (Phi) is 5.51. The number of rotatable bonds is 5. The molecule has 0 spiro atoms. The van der Waals surface area contributed by atoms with Crippen LogP contribution < -0.4 is 10.1 Å². The van der Waals surface area contributed by atoms with Crippen molar-refractivity contribution in [1.82, 2.24) is 4.98 Å². The standard InChI is InChI=1S/C28H19N3O3/c1-33-21-13-10-18(11-14-21)16-20(17-29)27(32)30-24-9-5-4-8-23(24)28-31-25-15-12-19-6-2-3-7-22(19)26(25)34-28/h2-16H,1H3,(H,30,32). The van der Waals surface area contributed by atoms with Crippen molar-refractivity contribution in [3.05, 3.63) is 96.1 Å². The van der Waals surface area contributed by atoms with Crippen LogP contribution in [0.3, 0.4) is 0 Å². The van der Waals surface area contributed by atoms with Crippen molar-refractivity contribution in [2.45, 2.75) is 0 Å². The van der Waals surface area contributed by atoms with Gasteiger partial charge < -0.3 is 14.5 Å². The van der Waals surface area contributed by atoms with Gasteiger partial charge in [0, 0.05) is 5.39 Å². The van der Waals surface area contributed by atoms with E-state index < -0.39 is 5.91 Å². The zero-order chi connectivity index (χ0) is 23.5. The van der Waals surface area contributed by atoms with Gasteiger partial charge in [-0.25, -0.2) is 4.98 Å². The predicted molar refractivity (Wildman–Crippen MR) is 132 cm³/mol. The summed E-state index contributed by atoms with van der Waals surface area (Å²) in [6.07, 6.45) is 1.53. The van der Waals surface area contributed by atoms with Crippen LogP contribution in [-0.4, -0.2) is 18.0 Å². The zero-order valence-electron chi connectivity index (χ0n) is 18.3. The first kappa shape index (κ1) is 21.0. The van der Waals surface area contributed by atoms with Gasteiger partial charge in [0.2, 0.25) is 5.89 Å². The number of anilines is 1. The van der Waals surface area contributed by atoms with E-state index >= 15 is 0 Å². The predicted octanol–water partition coefficient (Wildman–Crippen LogP) is 6.20. The van der Waals surface area contributed by atoms with Crippen molar-refractivity contribution in [2.24, 2.45) is 0 Å². The number of hydrogen-bond donors (Lipinski definition) is 1. The molecule has 0 bridgehead atoms. The number of ether oxygens (including phenoxy) is 1. The smallest absolute Gasteiger partial charge is 0.266 e. The Hall–Kier alpha value is -4.89. The van der Waals surface area contributed by atoms with Crippen LogP contribution in [0.25, 0.3) is 39.4 Å². The van der Waals surface area contributed by atoms with Crippen LogP contribution in [0.2, 0.25) is 0 Å². The zero-order valence-corrected chi connectivity index (χ0v) is 18.3. The van der Waals surface area contributed by atoms with Gasteiger partial charge >= 0.3 is 0 Å². The molecule has 1 N–H and O–H groups in total. The van der Waals surface area contributed by atoms with Gasteiger partial charge in [-0.15, -0.1) is 0 Å². The van der Waals surface area contributed by atoms with Crippen LogP contribution in [0.1, 0.15) is 5.56 Å². The van der Waals surface area contributed by atoms with Crippen LogP contribution in [-0.2, 0) is 4.79 Å². The molecule has 1 aromatic heterocycles. The largest absolute Gasteiger partial charge is 0.497 e. The minimum absolute atomic E-state index is 0.0245. The molecule has 0 atom stereocenters. The highest BCUT2D eigenvalue weighted by atomic mass is 16.5. The molecule has 34 heavy (non-hydrogen) atoms. The SMILES string of the molecule is COc1ccc(C=C(C#N)C(=O)Nc2ccccc2-c2nc3ccc4ccccc4c3o2)cc1. The lowest BCUT2D eigenvalue weighted by molar-refractivity contribution is -0.112. The molecule has 4 aromatic carbocycles. The Bertz CT molecular complexity index is 1590. The average Bonchev–Trinajstić information content (AvgIpc) is 3.32. The summed E-state index contributed by atoms with van der Waals surface area (Å²) in [5.41, 5.74) is 3.23. The lowest BCUT2D eigenvalue weighted by atomic mass is 10.1. The maximum atomic E-state index is 12.9. The van der Waals surface area contributed by atoms with Crippen molar-refractivity contribution in [3.63, 3.8) is 0 Å². The molecule has 6 nitrogen and oxygen atoms in total. The number of hydrogen-bond acceptors (Lipinski definition) is 5. The summed E-state index contributed by atoms with van der Waals surface area (Å²) in [7, 11) is 1.58. The van der Waals surface area contributed by atoms with Crippen molar-refractivity contribution in [3.8, 4) is 23.3 Å². The number of aromatic nitrogens is 1. The fourth-order valence-corrected chi connectivity index (χ4v) is 3.75. The van der Waals surface area contributed by atoms with Crippen molar-refractivity contribution >= 4 is 39.5 Å². The molecule has 5 aromatic rings. The molecular weight excluding hydrogens is 426 g/mol. The van der Waals surface area contributed by atoms with Crippen LogP contribution >= 0.6 is 0 Å². The van der Waals surface area contributed by atoms with E-state index in [0.717, 1.165) is 16.3 Å². The van der Waals surface area contributed by atoms with E-state index in [9.17, 15) is 10.1 Å². The minimum atomic E-state index is -0.521. The normalized spacial score (nSPS) is 11.4. The van der Waals surface area contributed by atoms with Crippen molar-refractivity contribution < 1.29 is 13.9 Å². The molecule has 0 saturated heterocycles. The fraction of sp³-hybridized carbons (Fsp3) is 0.0357.